The summed E-state index contributed by atoms with van der Waals surface area (Å²) in [6, 6.07) is 5.26. The van der Waals surface area contributed by atoms with Crippen molar-refractivity contribution in [2.75, 3.05) is 0 Å². The molecule has 0 saturated carbocycles. The summed E-state index contributed by atoms with van der Waals surface area (Å²) >= 11 is 0. The van der Waals surface area contributed by atoms with Crippen molar-refractivity contribution < 1.29 is 9.53 Å². The van der Waals surface area contributed by atoms with Gasteiger partial charge >= 0.3 is 0 Å². The summed E-state index contributed by atoms with van der Waals surface area (Å²) in [6.45, 7) is 4.28. The van der Waals surface area contributed by atoms with E-state index in [-0.39, 0.29) is 18.5 Å². The van der Waals surface area contributed by atoms with Crippen LogP contribution in [-0.4, -0.2) is 12.4 Å². The summed E-state index contributed by atoms with van der Waals surface area (Å²) in [7, 11) is 0. The molecule has 1 aromatic rings. The molecule has 1 aromatic carbocycles. The average molecular weight is 230 g/mol. The van der Waals surface area contributed by atoms with Gasteiger partial charge in [-0.15, -0.1) is 12.4 Å². The Kier molecular flexibility index (Phi) is 5.97. The molecule has 4 heteroatoms. The molecule has 0 fully saturated rings. The van der Waals surface area contributed by atoms with Crippen molar-refractivity contribution in [2.24, 2.45) is 5.73 Å². The number of rotatable bonds is 4. The Morgan fingerprint density at radius 2 is 2.13 bits per heavy atom. The molecule has 84 valence electrons. The molecule has 0 heterocycles. The molecule has 0 atom stereocenters. The first kappa shape index (κ1) is 13.9. The fraction of sp³-hybridized carbons (Fsp3) is 0.364. The Labute approximate surface area is 96.0 Å². The minimum atomic E-state index is 0. The first-order chi connectivity index (χ1) is 6.67. The van der Waals surface area contributed by atoms with Crippen LogP contribution in [-0.2, 0) is 6.54 Å². The average Bonchev–Trinajstić information content (AvgIpc) is 2.17. The van der Waals surface area contributed by atoms with E-state index >= 15 is 0 Å². The zero-order chi connectivity index (χ0) is 10.6. The lowest BCUT2D eigenvalue weighted by Gasteiger charge is -2.13. The number of aldehydes is 1. The van der Waals surface area contributed by atoms with Crippen molar-refractivity contribution >= 4 is 18.7 Å². The maximum Gasteiger partial charge on any atom is 0.150 e. The maximum atomic E-state index is 10.5. The second-order valence-electron chi connectivity index (χ2n) is 3.36. The van der Waals surface area contributed by atoms with E-state index in [0.717, 1.165) is 17.6 Å². The highest BCUT2D eigenvalue weighted by atomic mass is 35.5. The molecule has 3 nitrogen and oxygen atoms in total. The fourth-order valence-corrected chi connectivity index (χ4v) is 1.20. The van der Waals surface area contributed by atoms with Crippen molar-refractivity contribution in [1.82, 2.24) is 0 Å². The third-order valence-corrected chi connectivity index (χ3v) is 1.80. The summed E-state index contributed by atoms with van der Waals surface area (Å²) < 4.78 is 5.54. The molecule has 0 aromatic heterocycles. The number of ether oxygens (including phenoxy) is 1. The van der Waals surface area contributed by atoms with Gasteiger partial charge in [0.2, 0.25) is 0 Å². The lowest BCUT2D eigenvalue weighted by molar-refractivity contribution is 0.112. The number of carbonyl (C=O) groups excluding carboxylic acids is 1. The van der Waals surface area contributed by atoms with Gasteiger partial charge in [-0.3, -0.25) is 4.79 Å². The van der Waals surface area contributed by atoms with Gasteiger partial charge in [-0.2, -0.15) is 0 Å². The van der Waals surface area contributed by atoms with E-state index in [1.165, 1.54) is 0 Å². The largest absolute Gasteiger partial charge is 0.491 e. The van der Waals surface area contributed by atoms with E-state index in [0.29, 0.717) is 12.1 Å². The number of nitrogens with two attached hydrogens (primary N) is 1. The van der Waals surface area contributed by atoms with E-state index in [1.807, 2.05) is 13.8 Å². The minimum absolute atomic E-state index is 0. The van der Waals surface area contributed by atoms with Crippen LogP contribution in [0.5, 0.6) is 5.75 Å². The monoisotopic (exact) mass is 229 g/mol. The number of benzene rings is 1. The van der Waals surface area contributed by atoms with Crippen molar-refractivity contribution in [3.8, 4) is 5.75 Å². The molecule has 0 aliphatic heterocycles. The normalized spacial score (nSPS) is 9.60. The van der Waals surface area contributed by atoms with Gasteiger partial charge in [0.15, 0.2) is 0 Å². The molecule has 0 aliphatic carbocycles. The number of hydrogen-bond donors (Lipinski definition) is 1. The van der Waals surface area contributed by atoms with Crippen molar-refractivity contribution in [1.29, 1.82) is 0 Å². The quantitative estimate of drug-likeness (QED) is 0.806. The Hall–Kier alpha value is -1.06. The highest BCUT2D eigenvalue weighted by molar-refractivity contribution is 5.85. The van der Waals surface area contributed by atoms with Crippen LogP contribution in [0, 0.1) is 0 Å². The predicted molar refractivity (Wildman–Crippen MR) is 62.7 cm³/mol. The molecule has 0 aliphatic rings. The topological polar surface area (TPSA) is 52.3 Å². The molecule has 0 unspecified atom stereocenters. The molecule has 1 rings (SSSR count). The van der Waals surface area contributed by atoms with Crippen LogP contribution < -0.4 is 10.5 Å². The summed E-state index contributed by atoms with van der Waals surface area (Å²) in [5, 5.41) is 0. The van der Waals surface area contributed by atoms with Crippen LogP contribution in [0.3, 0.4) is 0 Å². The van der Waals surface area contributed by atoms with Gasteiger partial charge in [-0.1, -0.05) is 0 Å². The highest BCUT2D eigenvalue weighted by Gasteiger charge is 2.05. The van der Waals surface area contributed by atoms with E-state index in [9.17, 15) is 4.79 Å². The van der Waals surface area contributed by atoms with E-state index in [4.69, 9.17) is 10.5 Å². The fourth-order valence-electron chi connectivity index (χ4n) is 1.20. The maximum absolute atomic E-state index is 10.5. The Morgan fingerprint density at radius 3 is 2.60 bits per heavy atom. The zero-order valence-corrected chi connectivity index (χ0v) is 9.71. The molecule has 0 saturated heterocycles. The molecular weight excluding hydrogens is 214 g/mol. The number of carbonyl (C=O) groups is 1. The van der Waals surface area contributed by atoms with Crippen LogP contribution in [0.25, 0.3) is 0 Å². The van der Waals surface area contributed by atoms with Gasteiger partial charge in [0.05, 0.1) is 6.10 Å². The lowest BCUT2D eigenvalue weighted by Crippen LogP contribution is -2.09. The van der Waals surface area contributed by atoms with Gasteiger partial charge in [0, 0.05) is 17.7 Å². The van der Waals surface area contributed by atoms with Gasteiger partial charge in [-0.25, -0.2) is 0 Å². The first-order valence-corrected chi connectivity index (χ1v) is 4.62. The molecule has 2 N–H and O–H groups in total. The second kappa shape index (κ2) is 6.43. The standard InChI is InChI=1S/C11H15NO2.ClH/c1-8(2)14-11-4-3-9(7-13)5-10(11)6-12;/h3-5,7-8H,6,12H2,1-2H3;1H. The Morgan fingerprint density at radius 1 is 1.47 bits per heavy atom. The Balaban J connectivity index is 0.00000196. The van der Waals surface area contributed by atoms with Crippen LogP contribution in [0.2, 0.25) is 0 Å². The second-order valence-corrected chi connectivity index (χ2v) is 3.36. The lowest BCUT2D eigenvalue weighted by atomic mass is 10.1. The van der Waals surface area contributed by atoms with E-state index < -0.39 is 0 Å². The zero-order valence-electron chi connectivity index (χ0n) is 8.90. The van der Waals surface area contributed by atoms with Crippen LogP contribution >= 0.6 is 12.4 Å². The molecule has 15 heavy (non-hydrogen) atoms. The van der Waals surface area contributed by atoms with Crippen molar-refractivity contribution in [3.63, 3.8) is 0 Å². The molecular formula is C11H16ClNO2. The van der Waals surface area contributed by atoms with Gasteiger partial charge in [0.1, 0.15) is 12.0 Å². The van der Waals surface area contributed by atoms with Crippen molar-refractivity contribution in [3.05, 3.63) is 29.3 Å². The smallest absolute Gasteiger partial charge is 0.150 e. The highest BCUT2D eigenvalue weighted by Crippen LogP contribution is 2.20. The molecule has 0 amide bonds. The predicted octanol–water partition coefficient (Wildman–Crippen LogP) is 2.17. The third kappa shape index (κ3) is 3.90. The van der Waals surface area contributed by atoms with Crippen molar-refractivity contribution in [2.45, 2.75) is 26.5 Å². The van der Waals surface area contributed by atoms with Crippen LogP contribution in [0.1, 0.15) is 29.8 Å². The third-order valence-electron chi connectivity index (χ3n) is 1.80. The Bertz CT molecular complexity index is 326. The molecule has 0 spiro atoms. The SMILES string of the molecule is CC(C)Oc1ccc(C=O)cc1CN.Cl. The first-order valence-electron chi connectivity index (χ1n) is 4.62. The van der Waals surface area contributed by atoms with Gasteiger partial charge in [-0.05, 0) is 32.0 Å². The van der Waals surface area contributed by atoms with E-state index in [2.05, 4.69) is 0 Å². The minimum Gasteiger partial charge on any atom is -0.491 e. The molecule has 0 bridgehead atoms. The van der Waals surface area contributed by atoms with Crippen LogP contribution in [0.15, 0.2) is 18.2 Å². The molecule has 0 radical (unpaired) electrons. The summed E-state index contributed by atoms with van der Waals surface area (Å²) in [5.74, 6) is 0.758. The number of halogens is 1. The van der Waals surface area contributed by atoms with E-state index in [1.54, 1.807) is 18.2 Å². The summed E-state index contributed by atoms with van der Waals surface area (Å²) in [6.07, 6.45) is 0.917. The number of hydrogen-bond acceptors (Lipinski definition) is 3. The summed E-state index contributed by atoms with van der Waals surface area (Å²) in [4.78, 5) is 10.5. The summed E-state index contributed by atoms with van der Waals surface area (Å²) in [5.41, 5.74) is 7.04. The van der Waals surface area contributed by atoms with Gasteiger partial charge < -0.3 is 10.5 Å². The van der Waals surface area contributed by atoms with Crippen LogP contribution in [0.4, 0.5) is 0 Å². The van der Waals surface area contributed by atoms with Gasteiger partial charge in [0.25, 0.3) is 0 Å².